The molecule has 0 atom stereocenters. The van der Waals surface area contributed by atoms with E-state index in [9.17, 15) is 0 Å². The Bertz CT molecular complexity index is 99.0. The molecule has 3 nitrogen and oxygen atoms in total. The van der Waals surface area contributed by atoms with Crippen LogP contribution in [0.25, 0.3) is 0 Å². The molecule has 0 heterocycles. The monoisotopic (exact) mass is 297 g/mol. The third kappa shape index (κ3) is 188. The maximum absolute atomic E-state index is 9.03. The number of hydrogen-bond donors (Lipinski definition) is 1. The van der Waals surface area contributed by atoms with Gasteiger partial charge in [0.2, 0.25) is 0 Å². The molecule has 0 saturated carbocycles. The van der Waals surface area contributed by atoms with Crippen molar-refractivity contribution in [2.24, 2.45) is 0 Å². The van der Waals surface area contributed by atoms with E-state index in [-0.39, 0.29) is 54.3 Å². The van der Waals surface area contributed by atoms with Crippen LogP contribution in [0.4, 0.5) is 0 Å². The Morgan fingerprint density at radius 1 is 1.11 bits per heavy atom. The van der Waals surface area contributed by atoms with Gasteiger partial charge in [0.25, 0.3) is 0 Å². The first-order valence-electron chi connectivity index (χ1n) is 0.670. The van der Waals surface area contributed by atoms with Gasteiger partial charge in [0.1, 0.15) is 0 Å². The van der Waals surface area contributed by atoms with Crippen molar-refractivity contribution in [2.45, 2.75) is 0 Å². The van der Waals surface area contributed by atoms with Gasteiger partial charge in [-0.1, -0.05) is 0 Å². The van der Waals surface area contributed by atoms with Gasteiger partial charge in [-0.2, -0.15) is 0 Å². The van der Waals surface area contributed by atoms with Crippen molar-refractivity contribution < 1.29 is 78.4 Å². The third-order valence-corrected chi connectivity index (χ3v) is 0. The summed E-state index contributed by atoms with van der Waals surface area (Å²) >= 11 is -4.78. The molecule has 0 aromatic carbocycles. The molecule has 0 aromatic heterocycles. The molecule has 1 radical (unpaired) electrons. The molecule has 0 spiro atoms. The predicted octanol–water partition coefficient (Wildman–Crippen LogP) is -9.10. The topological polar surface area (TPSA) is 54.4 Å². The standard InChI is InChI=1S/4ClH.Cr.Fe.H2O.2O/h4*1H;;;1H2;;/q;;;;+2;+3;;;/p-5. The Hall–Kier alpha value is 1.77. The Labute approximate surface area is 87.9 Å². The van der Waals surface area contributed by atoms with Crippen LogP contribution in [0.2, 0.25) is 0 Å². The van der Waals surface area contributed by atoms with Gasteiger partial charge in [-0.05, 0) is 0 Å². The quantitative estimate of drug-likeness (QED) is 0.452. The van der Waals surface area contributed by atoms with Crippen molar-refractivity contribution in [3.8, 4) is 0 Å². The third-order valence-electron chi connectivity index (χ3n) is 0. The Morgan fingerprint density at radius 2 is 1.11 bits per heavy atom. The van der Waals surface area contributed by atoms with Crippen molar-refractivity contribution in [3.63, 3.8) is 0 Å². The number of rotatable bonds is 0. The minimum absolute atomic E-state index is 0. The van der Waals surface area contributed by atoms with E-state index in [1.807, 2.05) is 0 Å². The van der Waals surface area contributed by atoms with Crippen molar-refractivity contribution >= 4 is 10.0 Å². The van der Waals surface area contributed by atoms with E-state index in [2.05, 4.69) is 10.0 Å². The van der Waals surface area contributed by atoms with Gasteiger partial charge in [0.15, 0.2) is 0 Å². The van der Waals surface area contributed by atoms with Crippen LogP contribution in [0.15, 0.2) is 0 Å². The summed E-state index contributed by atoms with van der Waals surface area (Å²) in [6.45, 7) is 0. The Morgan fingerprint density at radius 3 is 1.11 bits per heavy atom. The maximum atomic E-state index is 9.03. The van der Waals surface area contributed by atoms with E-state index in [0.717, 1.165) is 0 Å². The molecular weight excluding hydrogens is 298 g/mol. The van der Waals surface area contributed by atoms with Crippen LogP contribution in [0.3, 0.4) is 0 Å². The molecule has 0 amide bonds. The van der Waals surface area contributed by atoms with Gasteiger partial charge in [0, 0.05) is 0 Å². The minimum atomic E-state index is -4.78. The van der Waals surface area contributed by atoms with Crippen molar-refractivity contribution in [1.82, 2.24) is 0 Å². The van der Waals surface area contributed by atoms with Gasteiger partial charge >= 0.3 is 51.2 Å². The van der Waals surface area contributed by atoms with E-state index in [1.54, 1.807) is 0 Å². The summed E-state index contributed by atoms with van der Waals surface area (Å²) < 4.78 is 25.4. The van der Waals surface area contributed by atoms with Crippen LogP contribution in [0.1, 0.15) is 0 Å². The van der Waals surface area contributed by atoms with Crippen LogP contribution in [0, 0.1) is 0 Å². The van der Waals surface area contributed by atoms with E-state index in [0.29, 0.717) is 0 Å². The Kier molecular flexibility index (Phi) is 42.7. The summed E-state index contributed by atoms with van der Waals surface area (Å²) in [7, 11) is 4.13. The summed E-state index contributed by atoms with van der Waals surface area (Å²) in [5, 5.41) is 0. The second-order valence-electron chi connectivity index (χ2n) is 0.412. The summed E-state index contributed by atoms with van der Waals surface area (Å²) in [5.41, 5.74) is 0. The van der Waals surface area contributed by atoms with E-state index < -0.39 is 12.4 Å². The van der Waals surface area contributed by atoms with E-state index >= 15 is 0 Å². The SMILES string of the molecule is [Cl-].[Cl-].[Cl-].[Fe+3].[O]=[Cr](=[O])([OH])[Cl]. The molecule has 9 heteroatoms. The number of halogens is 4. The average molecular weight is 299 g/mol. The average Bonchev–Trinajstić information content (AvgIpc) is 0.722. The zero-order valence-electron chi connectivity index (χ0n) is 3.54. The summed E-state index contributed by atoms with van der Waals surface area (Å²) in [4.78, 5) is 0. The van der Waals surface area contributed by atoms with E-state index in [1.165, 1.54) is 0 Å². The van der Waals surface area contributed by atoms with Gasteiger partial charge in [0.05, 0.1) is 0 Å². The van der Waals surface area contributed by atoms with Gasteiger partial charge in [-0.3, -0.25) is 0 Å². The molecule has 0 aliphatic heterocycles. The summed E-state index contributed by atoms with van der Waals surface area (Å²) in [5.74, 6) is 0. The second kappa shape index (κ2) is 12.4. The summed E-state index contributed by atoms with van der Waals surface area (Å²) in [6.07, 6.45) is 0. The van der Waals surface area contributed by atoms with Gasteiger partial charge < -0.3 is 37.2 Å². The molecule has 0 bridgehead atoms. The predicted molar refractivity (Wildman–Crippen MR) is 9.44 cm³/mol. The fraction of sp³-hybridized carbons (Fsp3) is 0. The molecule has 1 N–H and O–H groups in total. The van der Waals surface area contributed by atoms with Crippen LogP contribution in [-0.2, 0) is 37.0 Å². The van der Waals surface area contributed by atoms with E-state index in [4.69, 9.17) is 11.8 Å². The van der Waals surface area contributed by atoms with Crippen LogP contribution < -0.4 is 37.2 Å². The molecule has 0 rings (SSSR count). The van der Waals surface area contributed by atoms with Crippen molar-refractivity contribution in [1.29, 1.82) is 0 Å². The fourth-order valence-electron chi connectivity index (χ4n) is 0. The van der Waals surface area contributed by atoms with Crippen molar-refractivity contribution in [3.05, 3.63) is 0 Å². The molecule has 0 aliphatic carbocycles. The molecule has 0 aromatic rings. The first-order chi connectivity index (χ1) is 2.00. The van der Waals surface area contributed by atoms with Crippen molar-refractivity contribution in [2.75, 3.05) is 0 Å². The normalized spacial score (nSPS) is 6.44. The second-order valence-corrected chi connectivity index (χ2v) is 3.31. The van der Waals surface area contributed by atoms with Gasteiger partial charge in [-0.15, -0.1) is 0 Å². The molecule has 0 saturated heterocycles. The van der Waals surface area contributed by atoms with Crippen LogP contribution >= 0.6 is 10.0 Å². The molecule has 0 fully saturated rings. The Balaban J connectivity index is -0.0000000133. The molecule has 0 unspecified atom stereocenters. The first-order valence-corrected chi connectivity index (χ1v) is 4.04. The summed E-state index contributed by atoms with van der Waals surface area (Å²) in [6, 6.07) is 0. The van der Waals surface area contributed by atoms with Gasteiger partial charge in [-0.25, -0.2) is 0 Å². The zero-order chi connectivity index (χ0) is 4.50. The molecular formula is HCl4CrFeO3. The van der Waals surface area contributed by atoms with Crippen LogP contribution in [-0.4, -0.2) is 4.16 Å². The molecule has 9 heavy (non-hydrogen) atoms. The number of hydrogen-bond acceptors (Lipinski definition) is 2. The van der Waals surface area contributed by atoms with Crippen LogP contribution in [0.5, 0.6) is 0 Å². The zero-order valence-corrected chi connectivity index (χ0v) is 8.94. The first kappa shape index (κ1) is 30.9. The molecule has 61 valence electrons. The fourth-order valence-corrected chi connectivity index (χ4v) is 0. The molecule has 0 aliphatic rings.